The predicted molar refractivity (Wildman–Crippen MR) is 57.7 cm³/mol. The van der Waals surface area contributed by atoms with Gasteiger partial charge in [-0.1, -0.05) is 30.3 Å². The van der Waals surface area contributed by atoms with Crippen molar-refractivity contribution in [1.82, 2.24) is 4.90 Å². The average molecular weight is 216 g/mol. The zero-order chi connectivity index (χ0) is 9.68. The van der Waals surface area contributed by atoms with Gasteiger partial charge in [0.1, 0.15) is 0 Å². The zero-order valence-electron chi connectivity index (χ0n) is 8.01. The summed E-state index contributed by atoms with van der Waals surface area (Å²) in [5, 5.41) is 8.52. The highest BCUT2D eigenvalue weighted by atomic mass is 35.5. The number of aliphatic carboxylic acids is 1. The van der Waals surface area contributed by atoms with E-state index in [1.165, 1.54) is 0 Å². The lowest BCUT2D eigenvalue weighted by Gasteiger charge is -2.13. The highest BCUT2D eigenvalue weighted by Gasteiger charge is 2.03. The molecule has 0 unspecified atom stereocenters. The van der Waals surface area contributed by atoms with Crippen LogP contribution >= 0.6 is 12.4 Å². The predicted octanol–water partition coefficient (Wildman–Crippen LogP) is 1.62. The summed E-state index contributed by atoms with van der Waals surface area (Å²) in [6.07, 6.45) is 0. The average Bonchev–Trinajstić information content (AvgIpc) is 2.04. The van der Waals surface area contributed by atoms with Crippen LogP contribution < -0.4 is 0 Å². The third kappa shape index (κ3) is 4.84. The molecule has 0 radical (unpaired) electrons. The lowest BCUT2D eigenvalue weighted by Crippen LogP contribution is -2.24. The van der Waals surface area contributed by atoms with Crippen LogP contribution in [0.5, 0.6) is 0 Å². The number of hydrogen-bond donors (Lipinski definition) is 1. The first-order chi connectivity index (χ1) is 6.18. The van der Waals surface area contributed by atoms with Crippen LogP contribution in [0.15, 0.2) is 30.3 Å². The van der Waals surface area contributed by atoms with E-state index in [-0.39, 0.29) is 19.0 Å². The number of rotatable bonds is 4. The molecule has 0 aliphatic carbocycles. The number of benzene rings is 1. The maximum absolute atomic E-state index is 10.4. The molecule has 1 aromatic carbocycles. The summed E-state index contributed by atoms with van der Waals surface area (Å²) in [5.41, 5.74) is 1.13. The smallest absolute Gasteiger partial charge is 0.317 e. The van der Waals surface area contributed by atoms with Crippen LogP contribution in [0.4, 0.5) is 0 Å². The molecular formula is C10H14ClNO2. The largest absolute Gasteiger partial charge is 0.480 e. The Kier molecular flexibility index (Phi) is 5.92. The van der Waals surface area contributed by atoms with Gasteiger partial charge in [0, 0.05) is 6.54 Å². The fraction of sp³-hybridized carbons (Fsp3) is 0.300. The van der Waals surface area contributed by atoms with Gasteiger partial charge in [-0.25, -0.2) is 0 Å². The lowest BCUT2D eigenvalue weighted by molar-refractivity contribution is -0.138. The Morgan fingerprint density at radius 3 is 2.43 bits per heavy atom. The zero-order valence-corrected chi connectivity index (χ0v) is 8.83. The molecule has 0 aliphatic heterocycles. The van der Waals surface area contributed by atoms with Gasteiger partial charge in [-0.3, -0.25) is 9.69 Å². The molecule has 0 spiro atoms. The molecule has 78 valence electrons. The van der Waals surface area contributed by atoms with Gasteiger partial charge in [-0.15, -0.1) is 12.4 Å². The van der Waals surface area contributed by atoms with Crippen LogP contribution in [-0.4, -0.2) is 29.6 Å². The van der Waals surface area contributed by atoms with Crippen molar-refractivity contribution in [1.29, 1.82) is 0 Å². The summed E-state index contributed by atoms with van der Waals surface area (Å²) in [7, 11) is 1.79. The minimum Gasteiger partial charge on any atom is -0.480 e. The topological polar surface area (TPSA) is 40.5 Å². The van der Waals surface area contributed by atoms with E-state index >= 15 is 0 Å². The summed E-state index contributed by atoms with van der Waals surface area (Å²) in [6.45, 7) is 0.752. The van der Waals surface area contributed by atoms with Crippen LogP contribution in [-0.2, 0) is 11.3 Å². The Morgan fingerprint density at radius 2 is 1.93 bits per heavy atom. The van der Waals surface area contributed by atoms with Gasteiger partial charge in [0.15, 0.2) is 0 Å². The Balaban J connectivity index is 0.00000169. The Morgan fingerprint density at radius 1 is 1.36 bits per heavy atom. The number of carboxylic acid groups (broad SMARTS) is 1. The van der Waals surface area contributed by atoms with Crippen molar-refractivity contribution in [3.8, 4) is 0 Å². The van der Waals surface area contributed by atoms with E-state index in [2.05, 4.69) is 0 Å². The maximum atomic E-state index is 10.4. The second kappa shape index (κ2) is 6.40. The molecule has 0 heterocycles. The van der Waals surface area contributed by atoms with E-state index in [1.807, 2.05) is 30.3 Å². The Labute approximate surface area is 89.8 Å². The fourth-order valence-corrected chi connectivity index (χ4v) is 1.18. The van der Waals surface area contributed by atoms with Crippen LogP contribution in [0, 0.1) is 0 Å². The van der Waals surface area contributed by atoms with Crippen molar-refractivity contribution in [2.24, 2.45) is 0 Å². The van der Waals surface area contributed by atoms with Gasteiger partial charge in [-0.2, -0.15) is 0 Å². The molecule has 0 fully saturated rings. The van der Waals surface area contributed by atoms with Crippen LogP contribution in [0.2, 0.25) is 0 Å². The minimum atomic E-state index is -0.793. The number of nitrogens with zero attached hydrogens (tertiary/aromatic N) is 1. The van der Waals surface area contributed by atoms with E-state index in [9.17, 15) is 4.79 Å². The third-order valence-electron chi connectivity index (χ3n) is 1.70. The van der Waals surface area contributed by atoms with E-state index in [0.717, 1.165) is 5.56 Å². The van der Waals surface area contributed by atoms with Gasteiger partial charge < -0.3 is 5.11 Å². The van der Waals surface area contributed by atoms with Gasteiger partial charge in [0.05, 0.1) is 6.54 Å². The van der Waals surface area contributed by atoms with Crippen molar-refractivity contribution < 1.29 is 9.90 Å². The van der Waals surface area contributed by atoms with E-state index in [1.54, 1.807) is 11.9 Å². The molecule has 0 atom stereocenters. The molecule has 0 amide bonds. The molecule has 0 bridgehead atoms. The molecule has 0 saturated heterocycles. The summed E-state index contributed by atoms with van der Waals surface area (Å²) in [5.74, 6) is -0.793. The quantitative estimate of drug-likeness (QED) is 0.830. The first-order valence-corrected chi connectivity index (χ1v) is 4.13. The van der Waals surface area contributed by atoms with Crippen LogP contribution in [0.3, 0.4) is 0 Å². The maximum Gasteiger partial charge on any atom is 0.317 e. The number of hydrogen-bond acceptors (Lipinski definition) is 2. The van der Waals surface area contributed by atoms with Gasteiger partial charge in [-0.05, 0) is 12.6 Å². The fourth-order valence-electron chi connectivity index (χ4n) is 1.18. The molecule has 3 nitrogen and oxygen atoms in total. The number of carbonyl (C=O) groups is 1. The van der Waals surface area contributed by atoms with Gasteiger partial charge in [0.2, 0.25) is 0 Å². The van der Waals surface area contributed by atoms with Crippen molar-refractivity contribution in [3.05, 3.63) is 35.9 Å². The van der Waals surface area contributed by atoms with Crippen LogP contribution in [0.1, 0.15) is 5.56 Å². The summed E-state index contributed by atoms with van der Waals surface area (Å²) in [4.78, 5) is 12.1. The van der Waals surface area contributed by atoms with E-state index in [4.69, 9.17) is 5.11 Å². The van der Waals surface area contributed by atoms with Gasteiger partial charge in [0.25, 0.3) is 0 Å². The molecule has 1 N–H and O–H groups in total. The first kappa shape index (κ1) is 12.9. The molecule has 4 heteroatoms. The van der Waals surface area contributed by atoms with E-state index in [0.29, 0.717) is 6.54 Å². The Hall–Kier alpha value is -1.06. The van der Waals surface area contributed by atoms with Crippen LogP contribution in [0.25, 0.3) is 0 Å². The lowest BCUT2D eigenvalue weighted by atomic mass is 10.2. The third-order valence-corrected chi connectivity index (χ3v) is 1.70. The summed E-state index contributed by atoms with van der Waals surface area (Å²) >= 11 is 0. The Bertz CT molecular complexity index is 277. The molecular weight excluding hydrogens is 202 g/mol. The number of likely N-dealkylation sites (N-methyl/N-ethyl adjacent to an activating group) is 1. The van der Waals surface area contributed by atoms with Crippen molar-refractivity contribution in [2.45, 2.75) is 6.54 Å². The van der Waals surface area contributed by atoms with Crippen molar-refractivity contribution in [3.63, 3.8) is 0 Å². The molecule has 0 saturated carbocycles. The highest BCUT2D eigenvalue weighted by molar-refractivity contribution is 5.85. The molecule has 14 heavy (non-hydrogen) atoms. The number of halogens is 1. The monoisotopic (exact) mass is 215 g/mol. The van der Waals surface area contributed by atoms with Crippen molar-refractivity contribution >= 4 is 18.4 Å². The molecule has 0 aliphatic rings. The van der Waals surface area contributed by atoms with Crippen molar-refractivity contribution in [2.75, 3.05) is 13.6 Å². The second-order valence-electron chi connectivity index (χ2n) is 3.05. The summed E-state index contributed by atoms with van der Waals surface area (Å²) < 4.78 is 0. The van der Waals surface area contributed by atoms with E-state index < -0.39 is 5.97 Å². The first-order valence-electron chi connectivity index (χ1n) is 4.13. The molecule has 1 rings (SSSR count). The molecule has 0 aromatic heterocycles. The SMILES string of the molecule is CN(CC(=O)O)Cc1ccccc1.Cl. The highest BCUT2D eigenvalue weighted by Crippen LogP contribution is 2.01. The summed E-state index contributed by atoms with van der Waals surface area (Å²) in [6, 6.07) is 9.81. The van der Waals surface area contributed by atoms with Gasteiger partial charge >= 0.3 is 5.97 Å². The normalized spacial score (nSPS) is 9.57. The second-order valence-corrected chi connectivity index (χ2v) is 3.05. The number of carboxylic acids is 1. The minimum absolute atomic E-state index is 0. The standard InChI is InChI=1S/C10H13NO2.ClH/c1-11(8-10(12)13)7-9-5-3-2-4-6-9;/h2-6H,7-8H2,1H3,(H,12,13);1H. The molecule has 1 aromatic rings.